The third kappa shape index (κ3) is 3.60. The first-order valence-corrected chi connectivity index (χ1v) is 9.94. The topological polar surface area (TPSA) is 74.8 Å². The molecule has 0 N–H and O–H groups in total. The average Bonchev–Trinajstić information content (AvgIpc) is 2.45. The van der Waals surface area contributed by atoms with Crippen LogP contribution >= 0.6 is 32.3 Å². The third-order valence-corrected chi connectivity index (χ3v) is 8.97. The maximum atomic E-state index is 12.1. The molecule has 6 nitrogen and oxygen atoms in total. The molecule has 0 aliphatic heterocycles. The summed E-state index contributed by atoms with van der Waals surface area (Å²) in [5.74, 6) is 0. The van der Waals surface area contributed by atoms with Gasteiger partial charge in [0, 0.05) is 45.4 Å². The molecule has 0 bridgehead atoms. The van der Waals surface area contributed by atoms with Crippen LogP contribution in [-0.2, 0) is 20.0 Å². The van der Waals surface area contributed by atoms with Crippen molar-refractivity contribution in [1.82, 2.24) is 6.66 Å². The fraction of sp³-hybridized carbons (Fsp3) is 0.400. The van der Waals surface area contributed by atoms with E-state index in [1.165, 1.54) is 18.2 Å². The summed E-state index contributed by atoms with van der Waals surface area (Å²) in [7, 11) is -7.51. The summed E-state index contributed by atoms with van der Waals surface area (Å²) in [6.07, 6.45) is 0. The van der Waals surface area contributed by atoms with Crippen molar-refractivity contribution in [2.45, 2.75) is 23.6 Å². The molecule has 0 heterocycles. The molecule has 0 unspecified atom stereocenters. The Morgan fingerprint density at radius 2 is 1.25 bits per heavy atom. The van der Waals surface area contributed by atoms with Gasteiger partial charge in [0.2, 0.25) is 0 Å². The van der Waals surface area contributed by atoms with E-state index in [4.69, 9.17) is 0 Å². The summed E-state index contributed by atoms with van der Waals surface area (Å²) in [4.78, 5) is -0.177. The maximum Gasteiger partial charge on any atom is 0.252 e. The highest BCUT2D eigenvalue weighted by atomic mass is 79.9. The van der Waals surface area contributed by atoms with E-state index in [9.17, 15) is 16.8 Å². The quantitative estimate of drug-likeness (QED) is 0.624. The van der Waals surface area contributed by atoms with Gasteiger partial charge in [-0.3, -0.25) is 0 Å². The summed E-state index contributed by atoms with van der Waals surface area (Å²) in [6.45, 7) is 3.76. The number of halogens is 2. The summed E-state index contributed by atoms with van der Waals surface area (Å²) in [6, 6.07) is 5.23. The standard InChI is InChI=1S/C10H14Br2N2O4S2/c1-3-13(11)19(15,16)9-6-5-7-10(8-9)20(17,18)14(12)4-2/h5-8H,3-4H2,1-2H3. The van der Waals surface area contributed by atoms with Crippen LogP contribution in [0.3, 0.4) is 0 Å². The lowest BCUT2D eigenvalue weighted by Crippen LogP contribution is -2.23. The van der Waals surface area contributed by atoms with Crippen LogP contribution < -0.4 is 0 Å². The number of nitrogens with zero attached hydrogens (tertiary/aromatic N) is 2. The Labute approximate surface area is 136 Å². The Hall–Kier alpha value is 0. The molecule has 0 aliphatic rings. The van der Waals surface area contributed by atoms with Crippen LogP contribution in [0.1, 0.15) is 13.8 Å². The molecule has 1 aromatic carbocycles. The van der Waals surface area contributed by atoms with Gasteiger partial charge in [0.25, 0.3) is 20.0 Å². The molecule has 0 atom stereocenters. The van der Waals surface area contributed by atoms with Gasteiger partial charge in [-0.25, -0.2) is 16.8 Å². The van der Waals surface area contributed by atoms with Gasteiger partial charge >= 0.3 is 0 Å². The van der Waals surface area contributed by atoms with E-state index >= 15 is 0 Å². The molecular weight excluding hydrogens is 436 g/mol. The zero-order chi connectivity index (χ0) is 15.6. The van der Waals surface area contributed by atoms with Crippen LogP contribution in [0.25, 0.3) is 0 Å². The smallest absolute Gasteiger partial charge is 0.206 e. The molecule has 0 saturated heterocycles. The van der Waals surface area contributed by atoms with Crippen LogP contribution in [0.5, 0.6) is 0 Å². The molecule has 1 aromatic rings. The molecule has 0 radical (unpaired) electrons. The van der Waals surface area contributed by atoms with E-state index in [1.54, 1.807) is 13.8 Å². The Morgan fingerprint density at radius 1 is 0.900 bits per heavy atom. The van der Waals surface area contributed by atoms with Gasteiger partial charge in [-0.15, -0.1) is 6.66 Å². The highest BCUT2D eigenvalue weighted by Gasteiger charge is 2.25. The van der Waals surface area contributed by atoms with Crippen molar-refractivity contribution in [3.63, 3.8) is 0 Å². The third-order valence-electron chi connectivity index (χ3n) is 2.42. The van der Waals surface area contributed by atoms with E-state index < -0.39 is 20.0 Å². The molecule has 0 aromatic heterocycles. The van der Waals surface area contributed by atoms with Gasteiger partial charge in [-0.1, -0.05) is 19.9 Å². The first-order valence-electron chi connectivity index (χ1n) is 5.65. The van der Waals surface area contributed by atoms with Crippen LogP contribution in [0.2, 0.25) is 0 Å². The lowest BCUT2D eigenvalue weighted by atomic mass is 10.4. The predicted octanol–water partition coefficient (Wildman–Crippen LogP) is 2.33. The van der Waals surface area contributed by atoms with Crippen LogP contribution in [0, 0.1) is 0 Å². The van der Waals surface area contributed by atoms with Crippen LogP contribution in [-0.4, -0.2) is 36.6 Å². The number of hydrogen-bond donors (Lipinski definition) is 0. The van der Waals surface area contributed by atoms with Crippen molar-refractivity contribution in [2.75, 3.05) is 13.1 Å². The minimum absolute atomic E-state index is 0.0886. The van der Waals surface area contributed by atoms with Gasteiger partial charge < -0.3 is 0 Å². The Kier molecular flexibility index (Phi) is 6.17. The fourth-order valence-corrected chi connectivity index (χ4v) is 4.63. The van der Waals surface area contributed by atoms with Gasteiger partial charge in [0.1, 0.15) is 0 Å². The fourth-order valence-electron chi connectivity index (χ4n) is 1.36. The highest BCUT2D eigenvalue weighted by molar-refractivity contribution is 9.09. The summed E-state index contributed by atoms with van der Waals surface area (Å²) in [5, 5.41) is 0. The van der Waals surface area contributed by atoms with E-state index in [-0.39, 0.29) is 22.9 Å². The molecule has 0 spiro atoms. The molecule has 0 saturated carbocycles. The van der Waals surface area contributed by atoms with Gasteiger partial charge in [-0.05, 0) is 18.2 Å². The van der Waals surface area contributed by atoms with Gasteiger partial charge in [0.15, 0.2) is 0 Å². The number of sulfonamides is 2. The molecule has 0 aliphatic carbocycles. The molecule has 114 valence electrons. The van der Waals surface area contributed by atoms with Crippen LogP contribution in [0.4, 0.5) is 0 Å². The van der Waals surface area contributed by atoms with Crippen molar-refractivity contribution in [3.05, 3.63) is 24.3 Å². The molecular formula is C10H14Br2N2O4S2. The number of rotatable bonds is 6. The molecule has 20 heavy (non-hydrogen) atoms. The van der Waals surface area contributed by atoms with E-state index in [0.29, 0.717) is 0 Å². The number of benzene rings is 1. The van der Waals surface area contributed by atoms with E-state index in [0.717, 1.165) is 12.7 Å². The summed E-state index contributed by atoms with van der Waals surface area (Å²) in [5.41, 5.74) is 0. The second kappa shape index (κ2) is 6.84. The average molecular weight is 450 g/mol. The molecule has 0 amide bonds. The SMILES string of the molecule is CCN(Br)S(=O)(=O)c1cccc(S(=O)(=O)N(Br)CC)c1. The largest absolute Gasteiger partial charge is 0.252 e. The zero-order valence-electron chi connectivity index (χ0n) is 10.8. The molecule has 0 fully saturated rings. The van der Waals surface area contributed by atoms with Crippen molar-refractivity contribution < 1.29 is 16.8 Å². The van der Waals surface area contributed by atoms with Gasteiger partial charge in [-0.2, -0.15) is 0 Å². The normalized spacial score (nSPS) is 13.1. The van der Waals surface area contributed by atoms with Crippen molar-refractivity contribution in [2.24, 2.45) is 0 Å². The van der Waals surface area contributed by atoms with Crippen molar-refractivity contribution >= 4 is 52.3 Å². The summed E-state index contributed by atoms with van der Waals surface area (Å²) < 4.78 is 50.5. The summed E-state index contributed by atoms with van der Waals surface area (Å²) >= 11 is 5.86. The lowest BCUT2D eigenvalue weighted by molar-refractivity contribution is 0.551. The Balaban J connectivity index is 3.36. The Bertz CT molecular complexity index is 621. The predicted molar refractivity (Wildman–Crippen MR) is 83.4 cm³/mol. The maximum absolute atomic E-state index is 12.1. The number of hydrogen-bond acceptors (Lipinski definition) is 4. The van der Waals surface area contributed by atoms with Crippen LogP contribution in [0.15, 0.2) is 34.1 Å². The molecule has 10 heteroatoms. The molecule has 1 rings (SSSR count). The lowest BCUT2D eigenvalue weighted by Gasteiger charge is -2.15. The first-order chi connectivity index (χ1) is 9.17. The first kappa shape index (κ1) is 18.1. The monoisotopic (exact) mass is 448 g/mol. The Morgan fingerprint density at radius 3 is 1.55 bits per heavy atom. The van der Waals surface area contributed by atoms with Crippen molar-refractivity contribution in [3.8, 4) is 0 Å². The van der Waals surface area contributed by atoms with E-state index in [1.807, 2.05) is 0 Å². The minimum atomic E-state index is -3.75. The minimum Gasteiger partial charge on any atom is -0.206 e. The van der Waals surface area contributed by atoms with E-state index in [2.05, 4.69) is 32.3 Å². The van der Waals surface area contributed by atoms with Crippen molar-refractivity contribution in [1.29, 1.82) is 0 Å². The zero-order valence-corrected chi connectivity index (χ0v) is 15.6. The van der Waals surface area contributed by atoms with Gasteiger partial charge in [0.05, 0.1) is 9.79 Å². The second-order valence-electron chi connectivity index (χ2n) is 3.69. The highest BCUT2D eigenvalue weighted by Crippen LogP contribution is 2.24. The second-order valence-corrected chi connectivity index (χ2v) is 10.1.